The fourth-order valence-electron chi connectivity index (χ4n) is 1.92. The summed E-state index contributed by atoms with van der Waals surface area (Å²) < 4.78 is 11.9. The molecule has 0 aliphatic rings. The average Bonchev–Trinajstić information content (AvgIpc) is 2.92. The number of benzene rings is 1. The second-order valence-corrected chi connectivity index (χ2v) is 7.84. The van der Waals surface area contributed by atoms with E-state index in [0.29, 0.717) is 24.6 Å². The van der Waals surface area contributed by atoms with E-state index in [1.165, 1.54) is 4.88 Å². The monoisotopic (exact) mass is 336 g/mol. The molecule has 2 amide bonds. The Bertz CT molecular complexity index is 626. The van der Waals surface area contributed by atoms with Gasteiger partial charge in [0.05, 0.1) is 6.54 Å². The molecule has 0 fully saturated rings. The minimum atomic E-state index is -0.964. The smallest absolute Gasteiger partial charge is 0.315 e. The third-order valence-corrected chi connectivity index (χ3v) is 5.32. The number of nitrogens with one attached hydrogen (secondary N) is 2. The van der Waals surface area contributed by atoms with Crippen LogP contribution in [0.5, 0.6) is 0 Å². The van der Waals surface area contributed by atoms with E-state index in [0.717, 1.165) is 10.4 Å². The van der Waals surface area contributed by atoms with E-state index in [4.69, 9.17) is 0 Å². The lowest BCUT2D eigenvalue weighted by Gasteiger charge is -2.07. The van der Waals surface area contributed by atoms with Crippen molar-refractivity contribution in [3.63, 3.8) is 0 Å². The maximum absolute atomic E-state index is 11.9. The van der Waals surface area contributed by atoms with Gasteiger partial charge in [0.2, 0.25) is 0 Å². The zero-order chi connectivity index (χ0) is 15.8. The summed E-state index contributed by atoms with van der Waals surface area (Å²) in [4.78, 5) is 14.0. The lowest BCUT2D eigenvalue weighted by Crippen LogP contribution is -2.37. The van der Waals surface area contributed by atoms with Gasteiger partial charge in [-0.2, -0.15) is 0 Å². The van der Waals surface area contributed by atoms with Crippen molar-refractivity contribution in [1.82, 2.24) is 10.6 Å². The molecule has 2 aromatic rings. The Hall–Kier alpha value is -1.66. The highest BCUT2D eigenvalue weighted by Gasteiger charge is 2.04. The van der Waals surface area contributed by atoms with Crippen LogP contribution in [0.3, 0.4) is 0 Å². The van der Waals surface area contributed by atoms with Crippen molar-refractivity contribution in [2.45, 2.75) is 19.2 Å². The summed E-state index contributed by atoms with van der Waals surface area (Å²) in [5.74, 6) is 0.985. The fraction of sp³-hybridized carbons (Fsp3) is 0.312. The Morgan fingerprint density at radius 3 is 2.59 bits per heavy atom. The number of thiophene rings is 1. The van der Waals surface area contributed by atoms with Crippen LogP contribution in [0.15, 0.2) is 42.5 Å². The first kappa shape index (κ1) is 16.7. The standard InChI is InChI=1S/C16H20N2O2S2/c1-13-7-8-15(21-13)11-18-16(19)17-9-10-22(20)12-14-5-3-2-4-6-14/h2-8H,9-12H2,1H3,(H2,17,18,19)/t22-/m1/s1. The number of carbonyl (C=O) groups excluding carboxylic acids is 1. The van der Waals surface area contributed by atoms with Crippen LogP contribution in [0.1, 0.15) is 15.3 Å². The van der Waals surface area contributed by atoms with Gasteiger partial charge in [0.1, 0.15) is 0 Å². The van der Waals surface area contributed by atoms with Gasteiger partial charge in [-0.15, -0.1) is 11.3 Å². The summed E-state index contributed by atoms with van der Waals surface area (Å²) in [7, 11) is -0.964. The van der Waals surface area contributed by atoms with Gasteiger partial charge in [-0.25, -0.2) is 4.79 Å². The van der Waals surface area contributed by atoms with E-state index < -0.39 is 10.8 Å². The second kappa shape index (κ2) is 8.70. The summed E-state index contributed by atoms with van der Waals surface area (Å²) in [5, 5.41) is 5.54. The van der Waals surface area contributed by atoms with Gasteiger partial charge in [0.15, 0.2) is 0 Å². The summed E-state index contributed by atoms with van der Waals surface area (Å²) in [6.07, 6.45) is 0. The topological polar surface area (TPSA) is 58.2 Å². The summed E-state index contributed by atoms with van der Waals surface area (Å²) in [6.45, 7) is 2.97. The molecule has 0 aliphatic carbocycles. The zero-order valence-corrected chi connectivity index (χ0v) is 14.1. The van der Waals surface area contributed by atoms with Crippen molar-refractivity contribution >= 4 is 28.2 Å². The van der Waals surface area contributed by atoms with Gasteiger partial charge in [-0.3, -0.25) is 4.21 Å². The van der Waals surface area contributed by atoms with Crippen LogP contribution >= 0.6 is 11.3 Å². The molecule has 0 bridgehead atoms. The Morgan fingerprint density at radius 1 is 1.14 bits per heavy atom. The third-order valence-electron chi connectivity index (χ3n) is 3.00. The van der Waals surface area contributed by atoms with Gasteiger partial charge < -0.3 is 10.6 Å². The summed E-state index contributed by atoms with van der Waals surface area (Å²) in [5.41, 5.74) is 1.05. The van der Waals surface area contributed by atoms with Crippen LogP contribution in [-0.4, -0.2) is 22.5 Å². The Labute approximate surface area is 137 Å². The van der Waals surface area contributed by atoms with E-state index in [-0.39, 0.29) is 6.03 Å². The molecular weight excluding hydrogens is 316 g/mol. The highest BCUT2D eigenvalue weighted by molar-refractivity contribution is 7.84. The maximum atomic E-state index is 11.9. The van der Waals surface area contributed by atoms with Gasteiger partial charge in [-0.05, 0) is 24.6 Å². The number of aryl methyl sites for hydroxylation is 1. The van der Waals surface area contributed by atoms with Crippen LogP contribution in [-0.2, 0) is 23.1 Å². The van der Waals surface area contributed by atoms with E-state index in [1.807, 2.05) is 49.4 Å². The zero-order valence-electron chi connectivity index (χ0n) is 12.5. The molecule has 0 spiro atoms. The predicted molar refractivity (Wildman–Crippen MR) is 92.4 cm³/mol. The minimum Gasteiger partial charge on any atom is -0.337 e. The molecule has 2 rings (SSSR count). The van der Waals surface area contributed by atoms with Crippen molar-refractivity contribution in [3.8, 4) is 0 Å². The fourth-order valence-corrected chi connectivity index (χ4v) is 3.79. The molecule has 0 saturated heterocycles. The first-order valence-corrected chi connectivity index (χ1v) is 9.40. The maximum Gasteiger partial charge on any atom is 0.315 e. The highest BCUT2D eigenvalue weighted by Crippen LogP contribution is 2.14. The van der Waals surface area contributed by atoms with E-state index in [1.54, 1.807) is 11.3 Å². The first-order valence-electron chi connectivity index (χ1n) is 7.09. The number of urea groups is 1. The third kappa shape index (κ3) is 5.99. The van der Waals surface area contributed by atoms with Crippen molar-refractivity contribution in [2.24, 2.45) is 0 Å². The molecule has 4 nitrogen and oxygen atoms in total. The molecule has 0 unspecified atom stereocenters. The largest absolute Gasteiger partial charge is 0.337 e. The van der Waals surface area contributed by atoms with Crippen LogP contribution in [0.25, 0.3) is 0 Å². The second-order valence-electron chi connectivity index (χ2n) is 4.90. The molecule has 6 heteroatoms. The van der Waals surface area contributed by atoms with Gasteiger partial charge in [0, 0.05) is 38.6 Å². The number of amides is 2. The van der Waals surface area contributed by atoms with Crippen molar-refractivity contribution in [2.75, 3.05) is 12.3 Å². The Balaban J connectivity index is 1.61. The first-order chi connectivity index (χ1) is 10.6. The Morgan fingerprint density at radius 2 is 1.91 bits per heavy atom. The normalized spacial score (nSPS) is 11.9. The summed E-state index contributed by atoms with van der Waals surface area (Å²) in [6, 6.07) is 13.6. The molecule has 0 saturated carbocycles. The predicted octanol–water partition coefficient (Wildman–Crippen LogP) is 2.80. The summed E-state index contributed by atoms with van der Waals surface area (Å²) >= 11 is 1.67. The van der Waals surface area contributed by atoms with E-state index in [2.05, 4.69) is 10.6 Å². The SMILES string of the molecule is Cc1ccc(CNC(=O)NCC[S@@](=O)Cc2ccccc2)s1. The number of carbonyl (C=O) groups is 1. The van der Waals surface area contributed by atoms with Crippen LogP contribution in [0, 0.1) is 6.92 Å². The molecular formula is C16H20N2O2S2. The molecule has 1 aromatic heterocycles. The molecule has 0 aliphatic heterocycles. The molecule has 1 atom stereocenters. The molecule has 2 N–H and O–H groups in total. The van der Waals surface area contributed by atoms with E-state index >= 15 is 0 Å². The van der Waals surface area contributed by atoms with Gasteiger partial charge in [0.25, 0.3) is 0 Å². The molecule has 1 heterocycles. The number of rotatable bonds is 7. The van der Waals surface area contributed by atoms with Crippen LogP contribution < -0.4 is 10.6 Å². The molecule has 1 aromatic carbocycles. The van der Waals surface area contributed by atoms with Crippen LogP contribution in [0.4, 0.5) is 4.79 Å². The molecule has 22 heavy (non-hydrogen) atoms. The van der Waals surface area contributed by atoms with Crippen molar-refractivity contribution in [3.05, 3.63) is 57.8 Å². The van der Waals surface area contributed by atoms with Gasteiger partial charge >= 0.3 is 6.03 Å². The molecule has 118 valence electrons. The highest BCUT2D eigenvalue weighted by atomic mass is 32.2. The number of hydrogen-bond acceptors (Lipinski definition) is 3. The van der Waals surface area contributed by atoms with Crippen LogP contribution in [0.2, 0.25) is 0 Å². The van der Waals surface area contributed by atoms with Crippen molar-refractivity contribution in [1.29, 1.82) is 0 Å². The minimum absolute atomic E-state index is 0.220. The number of hydrogen-bond donors (Lipinski definition) is 2. The molecule has 0 radical (unpaired) electrons. The average molecular weight is 336 g/mol. The van der Waals surface area contributed by atoms with E-state index in [9.17, 15) is 9.00 Å². The quantitative estimate of drug-likeness (QED) is 0.817. The van der Waals surface area contributed by atoms with Crippen molar-refractivity contribution < 1.29 is 9.00 Å². The van der Waals surface area contributed by atoms with Gasteiger partial charge in [-0.1, -0.05) is 30.3 Å². The Kier molecular flexibility index (Phi) is 6.61. The lowest BCUT2D eigenvalue weighted by atomic mass is 10.2. The lowest BCUT2D eigenvalue weighted by molar-refractivity contribution is 0.241.